The number of benzene rings is 1. The largest absolute Gasteiger partial charge is 0.465 e. The van der Waals surface area contributed by atoms with Crippen LogP contribution in [0.5, 0.6) is 0 Å². The van der Waals surface area contributed by atoms with Crippen LogP contribution in [0.15, 0.2) is 35.4 Å². The summed E-state index contributed by atoms with van der Waals surface area (Å²) in [6, 6.07) is 9.46. The first kappa shape index (κ1) is 10.8. The predicted molar refractivity (Wildman–Crippen MR) is 56.9 cm³/mol. The number of halogens is 1. The van der Waals surface area contributed by atoms with Gasteiger partial charge in [-0.2, -0.15) is 0 Å². The van der Waals surface area contributed by atoms with Gasteiger partial charge in [-0.15, -0.1) is 0 Å². The van der Waals surface area contributed by atoms with Crippen molar-refractivity contribution in [1.29, 1.82) is 0 Å². The quantitative estimate of drug-likeness (QED) is 0.554. The Bertz CT molecular complexity index is 355. The molecule has 2 nitrogen and oxygen atoms in total. The predicted octanol–water partition coefficient (Wildman–Crippen LogP) is 2.83. The molecule has 0 aliphatic heterocycles. The number of carbonyl (C=O) groups excluding carboxylic acids is 1. The molecule has 0 unspecified atom stereocenters. The van der Waals surface area contributed by atoms with Crippen molar-refractivity contribution in [2.45, 2.75) is 6.92 Å². The van der Waals surface area contributed by atoms with Gasteiger partial charge in [0.25, 0.3) is 0 Å². The monoisotopic (exact) mass is 210 g/mol. The van der Waals surface area contributed by atoms with E-state index in [2.05, 4.69) is 4.74 Å². The van der Waals surface area contributed by atoms with Crippen LogP contribution in [0, 0.1) is 0 Å². The van der Waals surface area contributed by atoms with E-state index in [1.807, 2.05) is 30.3 Å². The number of rotatable bonds is 2. The summed E-state index contributed by atoms with van der Waals surface area (Å²) < 4.78 is 4.53. The molecule has 0 atom stereocenters. The van der Waals surface area contributed by atoms with Gasteiger partial charge in [0.1, 0.15) is 5.03 Å². The molecule has 0 spiro atoms. The number of hydrogen-bond donors (Lipinski definition) is 0. The Morgan fingerprint density at radius 2 is 1.86 bits per heavy atom. The van der Waals surface area contributed by atoms with Crippen LogP contribution in [-0.2, 0) is 9.53 Å². The zero-order chi connectivity index (χ0) is 10.6. The van der Waals surface area contributed by atoms with Crippen LogP contribution in [0.4, 0.5) is 0 Å². The highest BCUT2D eigenvalue weighted by Gasteiger charge is 2.10. The number of esters is 1. The summed E-state index contributed by atoms with van der Waals surface area (Å²) in [5.41, 5.74) is 1.64. The molecule has 0 aliphatic rings. The molecule has 0 radical (unpaired) electrons. The van der Waals surface area contributed by atoms with E-state index in [1.54, 1.807) is 6.92 Å². The highest BCUT2D eigenvalue weighted by Crippen LogP contribution is 2.21. The molecule has 0 aliphatic carbocycles. The molecule has 0 heterocycles. The third-order valence-corrected chi connectivity index (χ3v) is 2.34. The number of allylic oxidation sites excluding steroid dienone is 1. The first-order valence-electron chi connectivity index (χ1n) is 4.17. The highest BCUT2D eigenvalue weighted by molar-refractivity contribution is 6.44. The Hall–Kier alpha value is -1.28. The van der Waals surface area contributed by atoms with Gasteiger partial charge in [0, 0.05) is 0 Å². The molecule has 74 valence electrons. The van der Waals surface area contributed by atoms with Gasteiger partial charge in [-0.05, 0) is 18.1 Å². The van der Waals surface area contributed by atoms with Crippen LogP contribution < -0.4 is 0 Å². The molecule has 14 heavy (non-hydrogen) atoms. The average molecular weight is 211 g/mol. The van der Waals surface area contributed by atoms with Crippen LogP contribution in [-0.4, -0.2) is 13.1 Å². The second kappa shape index (κ2) is 4.82. The lowest BCUT2D eigenvalue weighted by molar-refractivity contribution is -0.135. The first-order chi connectivity index (χ1) is 6.66. The van der Waals surface area contributed by atoms with Crippen molar-refractivity contribution in [2.24, 2.45) is 0 Å². The third-order valence-electron chi connectivity index (χ3n) is 1.90. The van der Waals surface area contributed by atoms with Crippen molar-refractivity contribution in [2.75, 3.05) is 7.11 Å². The summed E-state index contributed by atoms with van der Waals surface area (Å²) in [7, 11) is 1.31. The van der Waals surface area contributed by atoms with Gasteiger partial charge in [0.15, 0.2) is 0 Å². The lowest BCUT2D eigenvalue weighted by atomic mass is 10.1. The number of carbonyl (C=O) groups is 1. The fourth-order valence-corrected chi connectivity index (χ4v) is 1.24. The molecule has 0 amide bonds. The van der Waals surface area contributed by atoms with Crippen LogP contribution in [0.25, 0.3) is 5.57 Å². The molecule has 0 N–H and O–H groups in total. The van der Waals surface area contributed by atoms with Gasteiger partial charge in [-0.3, -0.25) is 0 Å². The maximum absolute atomic E-state index is 11.1. The summed E-state index contributed by atoms with van der Waals surface area (Å²) in [6.45, 7) is 1.79. The molecule has 1 rings (SSSR count). The second-order valence-corrected chi connectivity index (χ2v) is 3.17. The molecule has 0 saturated heterocycles. The molecule has 0 bridgehead atoms. The Labute approximate surface area is 88.1 Å². The minimum Gasteiger partial charge on any atom is -0.465 e. The standard InChI is InChI=1S/C11H11ClO2/c1-8(10(12)11(13)14-2)9-6-4-3-5-7-9/h3-7H,1-2H3. The maximum Gasteiger partial charge on any atom is 0.349 e. The van der Waals surface area contributed by atoms with Crippen LogP contribution in [0.2, 0.25) is 0 Å². The SMILES string of the molecule is COC(=O)C(Cl)=C(C)c1ccccc1. The van der Waals surface area contributed by atoms with Gasteiger partial charge in [0.05, 0.1) is 7.11 Å². The van der Waals surface area contributed by atoms with Crippen molar-refractivity contribution >= 4 is 23.1 Å². The molecule has 3 heteroatoms. The number of ether oxygens (including phenoxy) is 1. The third kappa shape index (κ3) is 2.36. The Balaban J connectivity index is 3.05. The summed E-state index contributed by atoms with van der Waals surface area (Å²) in [4.78, 5) is 11.1. The van der Waals surface area contributed by atoms with Crippen LogP contribution in [0.3, 0.4) is 0 Å². The summed E-state index contributed by atoms with van der Waals surface area (Å²) in [6.07, 6.45) is 0. The van der Waals surface area contributed by atoms with Crippen LogP contribution in [0.1, 0.15) is 12.5 Å². The van der Waals surface area contributed by atoms with Gasteiger partial charge in [-0.1, -0.05) is 41.9 Å². The van der Waals surface area contributed by atoms with Gasteiger partial charge in [-0.25, -0.2) is 4.79 Å². The van der Waals surface area contributed by atoms with E-state index in [0.717, 1.165) is 11.1 Å². The lowest BCUT2D eigenvalue weighted by Gasteiger charge is -2.03. The Morgan fingerprint density at radius 3 is 2.36 bits per heavy atom. The average Bonchev–Trinajstić information content (AvgIpc) is 2.27. The summed E-state index contributed by atoms with van der Waals surface area (Å²) in [5.74, 6) is -0.506. The number of methoxy groups -OCH3 is 1. The van der Waals surface area contributed by atoms with Crippen LogP contribution >= 0.6 is 11.6 Å². The normalized spacial score (nSPS) is 11.9. The van der Waals surface area contributed by atoms with E-state index in [1.165, 1.54) is 7.11 Å². The van der Waals surface area contributed by atoms with Crippen molar-refractivity contribution in [3.8, 4) is 0 Å². The molecular weight excluding hydrogens is 200 g/mol. The zero-order valence-corrected chi connectivity index (χ0v) is 8.84. The molecule has 0 saturated carbocycles. The van der Waals surface area contributed by atoms with Gasteiger partial charge >= 0.3 is 5.97 Å². The first-order valence-corrected chi connectivity index (χ1v) is 4.54. The summed E-state index contributed by atoms with van der Waals surface area (Å²) >= 11 is 5.82. The van der Waals surface area contributed by atoms with Gasteiger partial charge < -0.3 is 4.74 Å². The molecule has 0 fully saturated rings. The molecule has 0 aromatic heterocycles. The highest BCUT2D eigenvalue weighted by atomic mass is 35.5. The minimum atomic E-state index is -0.506. The Kier molecular flexibility index (Phi) is 3.72. The summed E-state index contributed by atoms with van der Waals surface area (Å²) in [5, 5.41) is 0.124. The van der Waals surface area contributed by atoms with Crippen molar-refractivity contribution in [3.05, 3.63) is 40.9 Å². The smallest absolute Gasteiger partial charge is 0.349 e. The molecular formula is C11H11ClO2. The minimum absolute atomic E-state index is 0.124. The Morgan fingerprint density at radius 1 is 1.29 bits per heavy atom. The van der Waals surface area contributed by atoms with E-state index >= 15 is 0 Å². The molecule has 1 aromatic carbocycles. The van der Waals surface area contributed by atoms with Crippen molar-refractivity contribution < 1.29 is 9.53 Å². The fourth-order valence-electron chi connectivity index (χ4n) is 1.06. The van der Waals surface area contributed by atoms with E-state index in [0.29, 0.717) is 0 Å². The topological polar surface area (TPSA) is 26.3 Å². The van der Waals surface area contributed by atoms with E-state index in [-0.39, 0.29) is 5.03 Å². The fraction of sp³-hybridized carbons (Fsp3) is 0.182. The lowest BCUT2D eigenvalue weighted by Crippen LogP contribution is -2.01. The van der Waals surface area contributed by atoms with E-state index in [9.17, 15) is 4.79 Å². The second-order valence-electron chi connectivity index (χ2n) is 2.80. The molecule has 1 aromatic rings. The maximum atomic E-state index is 11.1. The van der Waals surface area contributed by atoms with Crippen molar-refractivity contribution in [3.63, 3.8) is 0 Å². The van der Waals surface area contributed by atoms with E-state index in [4.69, 9.17) is 11.6 Å². The van der Waals surface area contributed by atoms with Crippen molar-refractivity contribution in [1.82, 2.24) is 0 Å². The van der Waals surface area contributed by atoms with Gasteiger partial charge in [0.2, 0.25) is 0 Å². The number of hydrogen-bond acceptors (Lipinski definition) is 2. The van der Waals surface area contributed by atoms with E-state index < -0.39 is 5.97 Å². The zero-order valence-electron chi connectivity index (χ0n) is 8.08.